The largest absolute Gasteiger partial charge is 0.477 e. The van der Waals surface area contributed by atoms with Gasteiger partial charge in [0.1, 0.15) is 0 Å². The average molecular weight is 476 g/mol. The minimum absolute atomic E-state index is 0.0487. The van der Waals surface area contributed by atoms with Gasteiger partial charge in [0.25, 0.3) is 0 Å². The van der Waals surface area contributed by atoms with Crippen LogP contribution in [0, 0.1) is 5.92 Å². The molecule has 1 aromatic carbocycles. The molecular formula is C23H30ClN5O4. The molecular weight excluding hydrogens is 446 g/mol. The smallest absolute Gasteiger partial charge is 0.352 e. The van der Waals surface area contributed by atoms with Crippen LogP contribution in [-0.2, 0) is 16.1 Å². The minimum atomic E-state index is -1.06. The van der Waals surface area contributed by atoms with E-state index in [1.165, 1.54) is 10.6 Å². The number of fused-ring (bicyclic) bond motifs is 2. The first-order valence-electron chi connectivity index (χ1n) is 11.7. The predicted octanol–water partition coefficient (Wildman–Crippen LogP) is 2.34. The lowest BCUT2D eigenvalue weighted by molar-refractivity contribution is -0.129. The highest BCUT2D eigenvalue weighted by Gasteiger charge is 2.39. The third-order valence-corrected chi connectivity index (χ3v) is 7.49. The van der Waals surface area contributed by atoms with E-state index in [9.17, 15) is 14.7 Å². The number of rotatable bonds is 4. The normalized spacial score (nSPS) is 27.8. The number of carbonyl (C=O) groups excluding carboxylic acids is 1. The number of morpholine rings is 1. The number of benzene rings is 1. The molecule has 4 aliphatic heterocycles. The van der Waals surface area contributed by atoms with Crippen LogP contribution >= 0.6 is 11.6 Å². The minimum Gasteiger partial charge on any atom is -0.477 e. The third-order valence-electron chi connectivity index (χ3n) is 7.19. The molecule has 3 atom stereocenters. The van der Waals surface area contributed by atoms with E-state index >= 15 is 0 Å². The van der Waals surface area contributed by atoms with Gasteiger partial charge in [0, 0.05) is 38.6 Å². The number of carbonyl (C=O) groups is 2. The molecule has 2 bridgehead atoms. The standard InChI is InChI=1S/C23H30ClN5O4/c1-15-11-28(25-20(15)22(30)31)23(32)27-9-7-26(8-10-27)12-16-3-2-4-19(24)21(16)29-17-5-6-18(29)14-33-13-17/h2-4,15,17-18H,5-14H2,1H3,(H,30,31). The Morgan fingerprint density at radius 1 is 1.15 bits per heavy atom. The van der Waals surface area contributed by atoms with Crippen molar-refractivity contribution in [3.05, 3.63) is 28.8 Å². The lowest BCUT2D eigenvalue weighted by atomic mass is 10.1. The van der Waals surface area contributed by atoms with Crippen molar-refractivity contribution in [1.82, 2.24) is 14.8 Å². The molecule has 9 nitrogen and oxygen atoms in total. The van der Waals surface area contributed by atoms with Gasteiger partial charge in [-0.3, -0.25) is 4.90 Å². The van der Waals surface area contributed by atoms with Crippen LogP contribution in [0.4, 0.5) is 10.5 Å². The van der Waals surface area contributed by atoms with Gasteiger partial charge in [-0.05, 0) is 24.5 Å². The molecule has 33 heavy (non-hydrogen) atoms. The molecule has 0 aromatic heterocycles. The Hall–Kier alpha value is -2.36. The van der Waals surface area contributed by atoms with Crippen LogP contribution in [-0.4, -0.2) is 95.6 Å². The summed E-state index contributed by atoms with van der Waals surface area (Å²) in [5.74, 6) is -1.32. The number of nitrogens with zero attached hydrogens (tertiary/aromatic N) is 5. The highest BCUT2D eigenvalue weighted by atomic mass is 35.5. The lowest BCUT2D eigenvalue weighted by Gasteiger charge is -2.40. The fraction of sp³-hybridized carbons (Fsp3) is 0.609. The van der Waals surface area contributed by atoms with Crippen LogP contribution < -0.4 is 4.90 Å². The zero-order valence-corrected chi connectivity index (χ0v) is 19.6. The summed E-state index contributed by atoms with van der Waals surface area (Å²) >= 11 is 6.71. The molecule has 1 aromatic rings. The van der Waals surface area contributed by atoms with E-state index in [0.29, 0.717) is 31.7 Å². The molecule has 0 spiro atoms. The van der Waals surface area contributed by atoms with Crippen LogP contribution in [0.15, 0.2) is 23.3 Å². The molecule has 3 unspecified atom stereocenters. The molecule has 0 saturated carbocycles. The van der Waals surface area contributed by atoms with E-state index in [2.05, 4.69) is 21.0 Å². The number of anilines is 1. The molecule has 3 fully saturated rings. The number of ether oxygens (including phenoxy) is 1. The Kier molecular flexibility index (Phi) is 6.20. The summed E-state index contributed by atoms with van der Waals surface area (Å²) in [7, 11) is 0. The lowest BCUT2D eigenvalue weighted by Crippen LogP contribution is -2.51. The zero-order chi connectivity index (χ0) is 23.1. The first-order chi connectivity index (χ1) is 15.9. The maximum Gasteiger partial charge on any atom is 0.352 e. The second-order valence-electron chi connectivity index (χ2n) is 9.40. The zero-order valence-electron chi connectivity index (χ0n) is 18.8. The van der Waals surface area contributed by atoms with Crippen molar-refractivity contribution < 1.29 is 19.4 Å². The summed E-state index contributed by atoms with van der Waals surface area (Å²) < 4.78 is 5.76. The highest BCUT2D eigenvalue weighted by molar-refractivity contribution is 6.37. The van der Waals surface area contributed by atoms with Gasteiger partial charge in [0.15, 0.2) is 5.71 Å². The number of halogens is 1. The van der Waals surface area contributed by atoms with Crippen LogP contribution in [0.25, 0.3) is 0 Å². The molecule has 178 valence electrons. The molecule has 10 heteroatoms. The number of para-hydroxylation sites is 1. The molecule has 5 rings (SSSR count). The fourth-order valence-corrected chi connectivity index (χ4v) is 5.75. The van der Waals surface area contributed by atoms with Gasteiger partial charge in [0.2, 0.25) is 0 Å². The van der Waals surface area contributed by atoms with Crippen molar-refractivity contribution in [3.8, 4) is 0 Å². The van der Waals surface area contributed by atoms with Crippen molar-refractivity contribution in [3.63, 3.8) is 0 Å². The summed E-state index contributed by atoms with van der Waals surface area (Å²) in [4.78, 5) is 30.7. The first kappa shape index (κ1) is 22.4. The second kappa shape index (κ2) is 9.12. The van der Waals surface area contributed by atoms with E-state index in [0.717, 1.165) is 56.4 Å². The number of urea groups is 1. The van der Waals surface area contributed by atoms with Crippen LogP contribution in [0.5, 0.6) is 0 Å². The SMILES string of the molecule is CC1CN(C(=O)N2CCN(Cc3cccc(Cl)c3N3C4CCC3COC4)CC2)N=C1C(=O)O. The maximum absolute atomic E-state index is 12.9. The third kappa shape index (κ3) is 4.29. The van der Waals surface area contributed by atoms with Crippen molar-refractivity contribution in [2.75, 3.05) is 50.8 Å². The van der Waals surface area contributed by atoms with Gasteiger partial charge >= 0.3 is 12.0 Å². The Morgan fingerprint density at radius 2 is 1.85 bits per heavy atom. The number of hydrogen-bond donors (Lipinski definition) is 1. The van der Waals surface area contributed by atoms with Crippen LogP contribution in [0.2, 0.25) is 5.02 Å². The number of carboxylic acids is 1. The quantitative estimate of drug-likeness (QED) is 0.719. The van der Waals surface area contributed by atoms with Crippen molar-refractivity contribution in [2.24, 2.45) is 11.0 Å². The molecule has 0 aliphatic carbocycles. The van der Waals surface area contributed by atoms with E-state index in [1.807, 2.05) is 12.1 Å². The fourth-order valence-electron chi connectivity index (χ4n) is 5.46. The molecule has 3 saturated heterocycles. The second-order valence-corrected chi connectivity index (χ2v) is 9.80. The van der Waals surface area contributed by atoms with Gasteiger partial charge < -0.3 is 19.6 Å². The number of aliphatic carboxylic acids is 1. The van der Waals surface area contributed by atoms with E-state index in [4.69, 9.17) is 16.3 Å². The van der Waals surface area contributed by atoms with Crippen molar-refractivity contribution in [2.45, 2.75) is 38.4 Å². The monoisotopic (exact) mass is 475 g/mol. The van der Waals surface area contributed by atoms with Gasteiger partial charge in [-0.15, -0.1) is 0 Å². The molecule has 4 heterocycles. The maximum atomic E-state index is 12.9. The van der Waals surface area contributed by atoms with E-state index in [1.54, 1.807) is 11.8 Å². The van der Waals surface area contributed by atoms with Crippen molar-refractivity contribution >= 4 is 35.0 Å². The van der Waals surface area contributed by atoms with Gasteiger partial charge in [-0.25, -0.2) is 14.6 Å². The predicted molar refractivity (Wildman–Crippen MR) is 125 cm³/mol. The first-order valence-corrected chi connectivity index (χ1v) is 12.0. The average Bonchev–Trinajstić information content (AvgIpc) is 3.29. The van der Waals surface area contributed by atoms with E-state index < -0.39 is 5.97 Å². The molecule has 1 N–H and O–H groups in total. The topological polar surface area (TPSA) is 88.9 Å². The number of amides is 2. The number of piperazine rings is 1. The Morgan fingerprint density at radius 3 is 2.48 bits per heavy atom. The summed E-state index contributed by atoms with van der Waals surface area (Å²) in [6.07, 6.45) is 2.27. The summed E-state index contributed by atoms with van der Waals surface area (Å²) in [6.45, 7) is 7.03. The summed E-state index contributed by atoms with van der Waals surface area (Å²) in [5.41, 5.74) is 2.40. The Bertz CT molecular complexity index is 948. The van der Waals surface area contributed by atoms with Crippen LogP contribution in [0.1, 0.15) is 25.3 Å². The molecule has 0 radical (unpaired) electrons. The Balaban J connectivity index is 1.23. The number of carboxylic acid groups (broad SMARTS) is 1. The Labute approximate surface area is 198 Å². The highest BCUT2D eigenvalue weighted by Crippen LogP contribution is 2.40. The molecule has 2 amide bonds. The van der Waals surface area contributed by atoms with Crippen LogP contribution in [0.3, 0.4) is 0 Å². The van der Waals surface area contributed by atoms with E-state index in [-0.39, 0.29) is 17.7 Å². The summed E-state index contributed by atoms with van der Waals surface area (Å²) in [6, 6.07) is 6.68. The van der Waals surface area contributed by atoms with Gasteiger partial charge in [-0.1, -0.05) is 30.7 Å². The van der Waals surface area contributed by atoms with Gasteiger partial charge in [0.05, 0.1) is 42.6 Å². The molecule has 4 aliphatic rings. The summed E-state index contributed by atoms with van der Waals surface area (Å²) in [5, 5.41) is 15.4. The van der Waals surface area contributed by atoms with Crippen molar-refractivity contribution in [1.29, 1.82) is 0 Å². The van der Waals surface area contributed by atoms with Gasteiger partial charge in [-0.2, -0.15) is 5.10 Å². The number of hydrazone groups is 1. The number of hydrogen-bond acceptors (Lipinski definition) is 6.